The van der Waals surface area contributed by atoms with Crippen molar-refractivity contribution in [3.05, 3.63) is 48.3 Å². The highest BCUT2D eigenvalue weighted by molar-refractivity contribution is 5.57. The van der Waals surface area contributed by atoms with Gasteiger partial charge in [0.25, 0.3) is 0 Å². The summed E-state index contributed by atoms with van der Waals surface area (Å²) in [5, 5.41) is 0. The molecule has 9 heteroatoms. The fraction of sp³-hybridized carbons (Fsp3) is 0. The highest BCUT2D eigenvalue weighted by atomic mass is 19.2. The van der Waals surface area contributed by atoms with Gasteiger partial charge in [-0.05, 0) is 12.1 Å². The van der Waals surface area contributed by atoms with Crippen LogP contribution < -0.4 is 5.73 Å². The van der Waals surface area contributed by atoms with Crippen LogP contribution in [0.4, 0.5) is 19.1 Å². The molecular formula is C12H7F3N6. The van der Waals surface area contributed by atoms with Gasteiger partial charge in [0.05, 0.1) is 0 Å². The van der Waals surface area contributed by atoms with E-state index in [1.54, 1.807) is 6.20 Å². The van der Waals surface area contributed by atoms with Crippen LogP contribution in [0.25, 0.3) is 17.3 Å². The second kappa shape index (κ2) is 4.85. The van der Waals surface area contributed by atoms with E-state index in [1.807, 2.05) is 0 Å². The van der Waals surface area contributed by atoms with Crippen molar-refractivity contribution in [2.24, 2.45) is 0 Å². The van der Waals surface area contributed by atoms with Crippen molar-refractivity contribution in [3.8, 4) is 17.3 Å². The highest BCUT2D eigenvalue weighted by Crippen LogP contribution is 2.21. The van der Waals surface area contributed by atoms with Gasteiger partial charge in [0.2, 0.25) is 11.9 Å². The lowest BCUT2D eigenvalue weighted by Gasteiger charge is -2.06. The Labute approximate surface area is 116 Å². The van der Waals surface area contributed by atoms with Crippen molar-refractivity contribution >= 4 is 5.95 Å². The van der Waals surface area contributed by atoms with Gasteiger partial charge in [-0.15, -0.1) is 0 Å². The van der Waals surface area contributed by atoms with Crippen molar-refractivity contribution in [1.82, 2.24) is 24.5 Å². The van der Waals surface area contributed by atoms with E-state index in [0.717, 1.165) is 12.1 Å². The maximum Gasteiger partial charge on any atom is 0.240 e. The number of hydrogen-bond donors (Lipinski definition) is 1. The molecule has 0 amide bonds. The molecule has 21 heavy (non-hydrogen) atoms. The van der Waals surface area contributed by atoms with Gasteiger partial charge < -0.3 is 5.73 Å². The number of nitrogen functional groups attached to an aromatic ring is 1. The van der Waals surface area contributed by atoms with Crippen molar-refractivity contribution in [3.63, 3.8) is 0 Å². The number of nitrogens with two attached hydrogens (primary N) is 1. The molecule has 2 aromatic heterocycles. The number of hydrogen-bond acceptors (Lipinski definition) is 5. The molecule has 0 spiro atoms. The van der Waals surface area contributed by atoms with E-state index < -0.39 is 17.5 Å². The van der Waals surface area contributed by atoms with Crippen LogP contribution in [0.1, 0.15) is 0 Å². The van der Waals surface area contributed by atoms with Crippen LogP contribution in [0, 0.1) is 17.5 Å². The number of aromatic nitrogens is 5. The first-order valence-corrected chi connectivity index (χ1v) is 5.69. The molecule has 0 atom stereocenters. The van der Waals surface area contributed by atoms with E-state index in [-0.39, 0.29) is 23.3 Å². The summed E-state index contributed by atoms with van der Waals surface area (Å²) in [4.78, 5) is 15.5. The Bertz CT molecular complexity index is 780. The first-order valence-electron chi connectivity index (χ1n) is 5.69. The minimum Gasteiger partial charge on any atom is -0.368 e. The summed E-state index contributed by atoms with van der Waals surface area (Å²) in [6.07, 6.45) is 4.48. The maximum absolute atomic E-state index is 13.3. The predicted octanol–water partition coefficient (Wildman–Crippen LogP) is 1.72. The summed E-state index contributed by atoms with van der Waals surface area (Å²) in [6, 6.07) is 1.57. The fourth-order valence-corrected chi connectivity index (χ4v) is 1.69. The Kier molecular flexibility index (Phi) is 3.01. The average Bonchev–Trinajstić information content (AvgIpc) is 2.97. The molecule has 2 N–H and O–H groups in total. The lowest BCUT2D eigenvalue weighted by atomic mass is 10.2. The smallest absolute Gasteiger partial charge is 0.240 e. The molecule has 0 saturated heterocycles. The minimum absolute atomic E-state index is 0.0538. The van der Waals surface area contributed by atoms with Crippen molar-refractivity contribution in [2.45, 2.75) is 0 Å². The van der Waals surface area contributed by atoms with Gasteiger partial charge in [0.1, 0.15) is 6.33 Å². The molecule has 1 aromatic carbocycles. The third-order valence-corrected chi connectivity index (χ3v) is 2.62. The van der Waals surface area contributed by atoms with E-state index in [9.17, 15) is 13.2 Å². The summed E-state index contributed by atoms with van der Waals surface area (Å²) in [5.41, 5.74) is 5.50. The molecule has 0 fully saturated rings. The number of halogens is 3. The number of anilines is 1. The summed E-state index contributed by atoms with van der Waals surface area (Å²) < 4.78 is 40.9. The van der Waals surface area contributed by atoms with E-state index in [1.165, 1.54) is 17.1 Å². The Balaban J connectivity index is 2.15. The molecule has 0 saturated carbocycles. The summed E-state index contributed by atoms with van der Waals surface area (Å²) in [6.45, 7) is 0. The zero-order chi connectivity index (χ0) is 15.0. The lowest BCUT2D eigenvalue weighted by Crippen LogP contribution is -2.07. The van der Waals surface area contributed by atoms with E-state index >= 15 is 0 Å². The Morgan fingerprint density at radius 1 is 1.00 bits per heavy atom. The van der Waals surface area contributed by atoms with Gasteiger partial charge in [-0.25, -0.2) is 18.2 Å². The molecule has 0 radical (unpaired) electrons. The first kappa shape index (κ1) is 13.0. The van der Waals surface area contributed by atoms with Crippen LogP contribution in [-0.2, 0) is 0 Å². The molecule has 0 bridgehead atoms. The van der Waals surface area contributed by atoms with E-state index in [0.29, 0.717) is 0 Å². The molecule has 106 valence electrons. The van der Waals surface area contributed by atoms with Crippen molar-refractivity contribution in [1.29, 1.82) is 0 Å². The summed E-state index contributed by atoms with van der Waals surface area (Å²) in [7, 11) is 0. The van der Waals surface area contributed by atoms with Crippen LogP contribution in [-0.4, -0.2) is 24.5 Å². The second-order valence-electron chi connectivity index (χ2n) is 4.04. The van der Waals surface area contributed by atoms with Gasteiger partial charge >= 0.3 is 0 Å². The number of imidazole rings is 1. The van der Waals surface area contributed by atoms with E-state index in [4.69, 9.17) is 5.73 Å². The summed E-state index contributed by atoms with van der Waals surface area (Å²) >= 11 is 0. The minimum atomic E-state index is -1.56. The van der Waals surface area contributed by atoms with Gasteiger partial charge in [-0.1, -0.05) is 0 Å². The zero-order valence-corrected chi connectivity index (χ0v) is 10.3. The molecule has 0 aliphatic heterocycles. The number of benzene rings is 1. The van der Waals surface area contributed by atoms with Gasteiger partial charge in [-0.2, -0.15) is 15.0 Å². The molecule has 0 unspecified atom stereocenters. The zero-order valence-electron chi connectivity index (χ0n) is 10.3. The summed E-state index contributed by atoms with van der Waals surface area (Å²) in [5.74, 6) is -4.34. The monoisotopic (exact) mass is 292 g/mol. The van der Waals surface area contributed by atoms with Crippen LogP contribution in [0.2, 0.25) is 0 Å². The number of nitrogens with zero attached hydrogens (tertiary/aromatic N) is 5. The molecule has 0 aliphatic rings. The Hall–Kier alpha value is -2.97. The SMILES string of the molecule is Nc1nc(-c2cc(F)c(F)c(F)c2)nc(-n2ccnc2)n1. The van der Waals surface area contributed by atoms with Gasteiger partial charge in [0.15, 0.2) is 23.3 Å². The van der Waals surface area contributed by atoms with Gasteiger partial charge in [0, 0.05) is 18.0 Å². The van der Waals surface area contributed by atoms with Crippen molar-refractivity contribution < 1.29 is 13.2 Å². The molecule has 2 heterocycles. The Morgan fingerprint density at radius 2 is 1.71 bits per heavy atom. The molecule has 3 rings (SSSR count). The standard InChI is InChI=1S/C12H7F3N6/c13-7-3-6(4-8(14)9(7)15)10-18-11(16)20-12(19-10)21-2-1-17-5-21/h1-5H,(H2,16,18,19,20). The lowest BCUT2D eigenvalue weighted by molar-refractivity contribution is 0.447. The van der Waals surface area contributed by atoms with Gasteiger partial charge in [-0.3, -0.25) is 4.57 Å². The third-order valence-electron chi connectivity index (χ3n) is 2.62. The third kappa shape index (κ3) is 2.40. The quantitative estimate of drug-likeness (QED) is 0.727. The second-order valence-corrected chi connectivity index (χ2v) is 4.04. The number of rotatable bonds is 2. The molecule has 6 nitrogen and oxygen atoms in total. The molecule has 3 aromatic rings. The van der Waals surface area contributed by atoms with Crippen LogP contribution in [0.3, 0.4) is 0 Å². The Morgan fingerprint density at radius 3 is 2.33 bits per heavy atom. The van der Waals surface area contributed by atoms with Crippen molar-refractivity contribution in [2.75, 3.05) is 5.73 Å². The van der Waals surface area contributed by atoms with Crippen LogP contribution in [0.5, 0.6) is 0 Å². The highest BCUT2D eigenvalue weighted by Gasteiger charge is 2.15. The maximum atomic E-state index is 13.3. The molecular weight excluding hydrogens is 285 g/mol. The predicted molar refractivity (Wildman–Crippen MR) is 66.7 cm³/mol. The average molecular weight is 292 g/mol. The normalized spacial score (nSPS) is 10.8. The van der Waals surface area contributed by atoms with E-state index in [2.05, 4.69) is 19.9 Å². The first-order chi connectivity index (χ1) is 10.0. The largest absolute Gasteiger partial charge is 0.368 e. The molecule has 0 aliphatic carbocycles. The van der Waals surface area contributed by atoms with Crippen LogP contribution in [0.15, 0.2) is 30.9 Å². The topological polar surface area (TPSA) is 82.5 Å². The van der Waals surface area contributed by atoms with Crippen LogP contribution >= 0.6 is 0 Å². The fourth-order valence-electron chi connectivity index (χ4n) is 1.69.